The number of aryl methyl sites for hydroxylation is 1. The number of H-pyrrole nitrogens is 1. The van der Waals surface area contributed by atoms with Crippen molar-refractivity contribution in [1.82, 2.24) is 20.2 Å². The van der Waals surface area contributed by atoms with Gasteiger partial charge in [-0.15, -0.1) is 0 Å². The van der Waals surface area contributed by atoms with Crippen LogP contribution in [0.5, 0.6) is 0 Å². The smallest absolute Gasteiger partial charge is 0.145 e. The van der Waals surface area contributed by atoms with Gasteiger partial charge in [0, 0.05) is 23.5 Å². The molecule has 4 rings (SSSR count). The van der Waals surface area contributed by atoms with E-state index in [1.54, 1.807) is 12.4 Å². The van der Waals surface area contributed by atoms with Crippen LogP contribution in [0.1, 0.15) is 11.3 Å². The molecule has 0 saturated carbocycles. The standard InChI is InChI=1S/C21H22N6/c1-14-18-10-16(7-8-19(18)27-26-14)20-12-23-13-21(25-20)24-11-17(22)9-15-5-3-2-4-6-15/h2-8,10,12-13,17H,9,11,22H2,1H3,(H,24,25)(H,26,27). The number of nitrogens with two attached hydrogens (primary N) is 1. The van der Waals surface area contributed by atoms with Gasteiger partial charge in [-0.05, 0) is 31.0 Å². The Kier molecular flexibility index (Phi) is 4.80. The average Bonchev–Trinajstić information content (AvgIpc) is 3.08. The van der Waals surface area contributed by atoms with Crippen molar-refractivity contribution in [2.75, 3.05) is 11.9 Å². The van der Waals surface area contributed by atoms with E-state index >= 15 is 0 Å². The van der Waals surface area contributed by atoms with E-state index in [4.69, 9.17) is 5.73 Å². The molecule has 136 valence electrons. The Bertz CT molecular complexity index is 1040. The normalized spacial score (nSPS) is 12.2. The van der Waals surface area contributed by atoms with E-state index in [0.717, 1.165) is 40.1 Å². The number of hydrogen-bond donors (Lipinski definition) is 3. The molecule has 2 heterocycles. The third kappa shape index (κ3) is 3.96. The lowest BCUT2D eigenvalue weighted by molar-refractivity contribution is 0.697. The molecule has 6 nitrogen and oxygen atoms in total. The van der Waals surface area contributed by atoms with Crippen LogP contribution in [0.2, 0.25) is 0 Å². The molecule has 0 fully saturated rings. The SMILES string of the molecule is Cc1n[nH]c2ccc(-c3cncc(NCC(N)Cc4ccccc4)n3)cc12. The molecular weight excluding hydrogens is 336 g/mol. The van der Waals surface area contributed by atoms with Gasteiger partial charge in [-0.3, -0.25) is 10.1 Å². The second kappa shape index (κ2) is 7.55. The Hall–Kier alpha value is -3.25. The highest BCUT2D eigenvalue weighted by Crippen LogP contribution is 2.24. The summed E-state index contributed by atoms with van der Waals surface area (Å²) in [5.41, 5.74) is 11.3. The molecule has 6 heteroatoms. The third-order valence-corrected chi connectivity index (χ3v) is 4.57. The second-order valence-corrected chi connectivity index (χ2v) is 6.69. The summed E-state index contributed by atoms with van der Waals surface area (Å²) in [5.74, 6) is 0.722. The van der Waals surface area contributed by atoms with E-state index in [2.05, 4.69) is 43.7 Å². The first-order valence-corrected chi connectivity index (χ1v) is 8.99. The van der Waals surface area contributed by atoms with Gasteiger partial charge in [0.1, 0.15) is 5.82 Å². The highest BCUT2D eigenvalue weighted by atomic mass is 15.1. The lowest BCUT2D eigenvalue weighted by Gasteiger charge is -2.13. The van der Waals surface area contributed by atoms with E-state index in [1.807, 2.05) is 37.3 Å². The van der Waals surface area contributed by atoms with Crippen LogP contribution >= 0.6 is 0 Å². The number of nitrogens with zero attached hydrogens (tertiary/aromatic N) is 3. The fourth-order valence-electron chi connectivity index (χ4n) is 3.12. The zero-order valence-electron chi connectivity index (χ0n) is 15.2. The van der Waals surface area contributed by atoms with Crippen molar-refractivity contribution >= 4 is 16.7 Å². The van der Waals surface area contributed by atoms with E-state index in [1.165, 1.54) is 5.56 Å². The molecule has 4 N–H and O–H groups in total. The first-order valence-electron chi connectivity index (χ1n) is 8.99. The van der Waals surface area contributed by atoms with Gasteiger partial charge in [0.15, 0.2) is 0 Å². The molecule has 2 aromatic carbocycles. The number of nitrogens with one attached hydrogen (secondary N) is 2. The minimum atomic E-state index is 0.00258. The fraction of sp³-hybridized carbons (Fsp3) is 0.190. The zero-order valence-corrected chi connectivity index (χ0v) is 15.2. The third-order valence-electron chi connectivity index (χ3n) is 4.57. The summed E-state index contributed by atoms with van der Waals surface area (Å²) >= 11 is 0. The second-order valence-electron chi connectivity index (χ2n) is 6.69. The van der Waals surface area contributed by atoms with Crippen molar-refractivity contribution in [3.05, 3.63) is 72.2 Å². The maximum absolute atomic E-state index is 6.25. The van der Waals surface area contributed by atoms with Crippen LogP contribution in [0.4, 0.5) is 5.82 Å². The van der Waals surface area contributed by atoms with Gasteiger partial charge in [0.25, 0.3) is 0 Å². The Labute approximate surface area is 157 Å². The Morgan fingerprint density at radius 1 is 1.11 bits per heavy atom. The number of fused-ring (bicyclic) bond motifs is 1. The predicted molar refractivity (Wildman–Crippen MR) is 108 cm³/mol. The van der Waals surface area contributed by atoms with Gasteiger partial charge in [-0.1, -0.05) is 36.4 Å². The minimum Gasteiger partial charge on any atom is -0.367 e. The number of aromatic nitrogens is 4. The van der Waals surface area contributed by atoms with Crippen LogP contribution in [-0.2, 0) is 6.42 Å². The van der Waals surface area contributed by atoms with Crippen LogP contribution in [0, 0.1) is 6.92 Å². The largest absolute Gasteiger partial charge is 0.367 e. The lowest BCUT2D eigenvalue weighted by Crippen LogP contribution is -2.31. The summed E-state index contributed by atoms with van der Waals surface area (Å²) in [4.78, 5) is 9.01. The molecule has 0 spiro atoms. The predicted octanol–water partition coefficient (Wildman–Crippen LogP) is 3.31. The molecule has 1 unspecified atom stereocenters. The van der Waals surface area contributed by atoms with Crippen molar-refractivity contribution in [2.24, 2.45) is 5.73 Å². The van der Waals surface area contributed by atoms with Gasteiger partial charge in [-0.2, -0.15) is 5.10 Å². The van der Waals surface area contributed by atoms with Crippen LogP contribution in [-0.4, -0.2) is 32.8 Å². The molecule has 0 aliphatic carbocycles. The number of anilines is 1. The molecule has 0 aliphatic rings. The highest BCUT2D eigenvalue weighted by Gasteiger charge is 2.08. The lowest BCUT2D eigenvalue weighted by atomic mass is 10.1. The molecule has 4 aromatic rings. The molecule has 0 radical (unpaired) electrons. The maximum atomic E-state index is 6.25. The summed E-state index contributed by atoms with van der Waals surface area (Å²) in [6.45, 7) is 2.62. The summed E-state index contributed by atoms with van der Waals surface area (Å²) in [5, 5.41) is 11.7. The first-order chi connectivity index (χ1) is 13.2. The number of hydrogen-bond acceptors (Lipinski definition) is 5. The van der Waals surface area contributed by atoms with Crippen molar-refractivity contribution < 1.29 is 0 Å². The molecule has 2 aromatic heterocycles. The quantitative estimate of drug-likeness (QED) is 0.492. The zero-order chi connectivity index (χ0) is 18.6. The van der Waals surface area contributed by atoms with E-state index in [9.17, 15) is 0 Å². The van der Waals surface area contributed by atoms with Crippen molar-refractivity contribution in [3.63, 3.8) is 0 Å². The van der Waals surface area contributed by atoms with Crippen LogP contribution in [0.15, 0.2) is 60.9 Å². The number of rotatable bonds is 6. The molecule has 0 saturated heterocycles. The van der Waals surface area contributed by atoms with Crippen LogP contribution in [0.3, 0.4) is 0 Å². The average molecular weight is 358 g/mol. The van der Waals surface area contributed by atoms with E-state index in [0.29, 0.717) is 6.54 Å². The van der Waals surface area contributed by atoms with Gasteiger partial charge < -0.3 is 11.1 Å². The van der Waals surface area contributed by atoms with Gasteiger partial charge in [0.2, 0.25) is 0 Å². The fourth-order valence-corrected chi connectivity index (χ4v) is 3.12. The van der Waals surface area contributed by atoms with Gasteiger partial charge in [0.05, 0.1) is 29.3 Å². The first kappa shape index (κ1) is 17.2. The van der Waals surface area contributed by atoms with Crippen molar-refractivity contribution in [2.45, 2.75) is 19.4 Å². The maximum Gasteiger partial charge on any atom is 0.145 e. The van der Waals surface area contributed by atoms with E-state index in [-0.39, 0.29) is 6.04 Å². The molecule has 27 heavy (non-hydrogen) atoms. The monoisotopic (exact) mass is 358 g/mol. The Morgan fingerprint density at radius 2 is 1.96 bits per heavy atom. The Balaban J connectivity index is 1.46. The summed E-state index contributed by atoms with van der Waals surface area (Å²) in [7, 11) is 0. The molecule has 1 atom stereocenters. The summed E-state index contributed by atoms with van der Waals surface area (Å²) in [6, 6.07) is 16.4. The van der Waals surface area contributed by atoms with Gasteiger partial charge >= 0.3 is 0 Å². The van der Waals surface area contributed by atoms with Crippen molar-refractivity contribution in [1.29, 1.82) is 0 Å². The molecular formula is C21H22N6. The summed E-state index contributed by atoms with van der Waals surface area (Å²) < 4.78 is 0. The number of benzene rings is 2. The molecule has 0 aliphatic heterocycles. The van der Waals surface area contributed by atoms with Crippen LogP contribution < -0.4 is 11.1 Å². The Morgan fingerprint density at radius 3 is 2.81 bits per heavy atom. The highest BCUT2D eigenvalue weighted by molar-refractivity contribution is 5.85. The molecule has 0 bridgehead atoms. The van der Waals surface area contributed by atoms with Crippen LogP contribution in [0.25, 0.3) is 22.2 Å². The van der Waals surface area contributed by atoms with E-state index < -0.39 is 0 Å². The van der Waals surface area contributed by atoms with Crippen molar-refractivity contribution in [3.8, 4) is 11.3 Å². The summed E-state index contributed by atoms with van der Waals surface area (Å²) in [6.07, 6.45) is 4.31. The topological polar surface area (TPSA) is 92.5 Å². The minimum absolute atomic E-state index is 0.00258. The van der Waals surface area contributed by atoms with Gasteiger partial charge in [-0.25, -0.2) is 4.98 Å². The number of aromatic amines is 1. The molecule has 0 amide bonds.